The Morgan fingerprint density at radius 3 is 2.71 bits per heavy atom. The first kappa shape index (κ1) is 18.2. The van der Waals surface area contributed by atoms with E-state index < -0.39 is 5.97 Å². The lowest BCUT2D eigenvalue weighted by Crippen LogP contribution is -2.28. The highest BCUT2D eigenvalue weighted by molar-refractivity contribution is 9.10. The van der Waals surface area contributed by atoms with Crippen molar-refractivity contribution >= 4 is 45.5 Å². The van der Waals surface area contributed by atoms with Crippen LogP contribution < -0.4 is 5.32 Å². The van der Waals surface area contributed by atoms with Crippen molar-refractivity contribution in [3.63, 3.8) is 0 Å². The highest BCUT2D eigenvalue weighted by Crippen LogP contribution is 2.12. The lowest BCUT2D eigenvalue weighted by Gasteiger charge is -2.06. The van der Waals surface area contributed by atoms with Crippen molar-refractivity contribution in [3.05, 3.63) is 75.2 Å². The molecule has 2 aromatic rings. The molecule has 0 saturated heterocycles. The number of hydrogen-bond donors (Lipinski definition) is 1. The molecule has 0 atom stereocenters. The van der Waals surface area contributed by atoms with Crippen molar-refractivity contribution in [3.8, 4) is 0 Å². The Kier molecular flexibility index (Phi) is 7.03. The zero-order valence-corrected chi connectivity index (χ0v) is 15.0. The first-order valence-electron chi connectivity index (χ1n) is 7.14. The number of rotatable bonds is 6. The summed E-state index contributed by atoms with van der Waals surface area (Å²) in [6.07, 6.45) is 2.91. The number of carbonyl (C=O) groups is 2. The largest absolute Gasteiger partial charge is 0.452 e. The van der Waals surface area contributed by atoms with Crippen LogP contribution in [0.15, 0.2) is 59.1 Å². The van der Waals surface area contributed by atoms with E-state index in [0.717, 1.165) is 15.6 Å². The topological polar surface area (TPSA) is 55.4 Å². The number of benzene rings is 2. The van der Waals surface area contributed by atoms with Crippen LogP contribution >= 0.6 is 27.5 Å². The number of nitrogens with one attached hydrogen (secondary N) is 1. The number of halogens is 2. The molecule has 0 aliphatic carbocycles. The third-order valence-electron chi connectivity index (χ3n) is 2.98. The average Bonchev–Trinajstić information content (AvgIpc) is 2.56. The molecule has 2 aromatic carbocycles. The van der Waals surface area contributed by atoms with Crippen LogP contribution in [-0.2, 0) is 20.9 Å². The normalized spacial score (nSPS) is 10.6. The molecule has 0 unspecified atom stereocenters. The molecule has 0 bridgehead atoms. The van der Waals surface area contributed by atoms with Crippen molar-refractivity contribution in [2.75, 3.05) is 6.61 Å². The van der Waals surface area contributed by atoms with Gasteiger partial charge in [-0.3, -0.25) is 4.79 Å². The molecule has 2 rings (SSSR count). The van der Waals surface area contributed by atoms with Gasteiger partial charge >= 0.3 is 5.97 Å². The molecule has 1 amide bonds. The maximum Gasteiger partial charge on any atom is 0.331 e. The Morgan fingerprint density at radius 1 is 1.17 bits per heavy atom. The van der Waals surface area contributed by atoms with E-state index in [9.17, 15) is 9.59 Å². The zero-order chi connectivity index (χ0) is 17.4. The lowest BCUT2D eigenvalue weighted by molar-refractivity contribution is -0.143. The summed E-state index contributed by atoms with van der Waals surface area (Å²) in [5.74, 6) is -0.952. The molecule has 0 radical (unpaired) electrons. The molecule has 0 aliphatic rings. The summed E-state index contributed by atoms with van der Waals surface area (Å²) in [4.78, 5) is 23.3. The SMILES string of the molecule is O=C(COC(=O)/C=C/c1cccc(Br)c1)NCc1cccc(Cl)c1. The van der Waals surface area contributed by atoms with E-state index in [0.29, 0.717) is 11.6 Å². The minimum atomic E-state index is -0.576. The minimum absolute atomic E-state index is 0.324. The summed E-state index contributed by atoms with van der Waals surface area (Å²) >= 11 is 9.21. The standard InChI is InChI=1S/C18H15BrClNO3/c19-15-5-1-3-13(9-15)7-8-18(23)24-12-17(22)21-11-14-4-2-6-16(20)10-14/h1-10H,11-12H2,(H,21,22)/b8-7+. The van der Waals surface area contributed by atoms with Gasteiger partial charge < -0.3 is 10.1 Å². The van der Waals surface area contributed by atoms with Gasteiger partial charge in [0.25, 0.3) is 5.91 Å². The molecular formula is C18H15BrClNO3. The molecule has 0 heterocycles. The molecule has 0 aliphatic heterocycles. The van der Waals surface area contributed by atoms with Crippen LogP contribution in [0.1, 0.15) is 11.1 Å². The average molecular weight is 409 g/mol. The van der Waals surface area contributed by atoms with E-state index in [2.05, 4.69) is 21.2 Å². The van der Waals surface area contributed by atoms with Crippen LogP contribution in [0.3, 0.4) is 0 Å². The fraction of sp³-hybridized carbons (Fsp3) is 0.111. The first-order valence-corrected chi connectivity index (χ1v) is 8.31. The summed E-state index contributed by atoms with van der Waals surface area (Å²) in [6.45, 7) is -0.00690. The number of amides is 1. The predicted molar refractivity (Wildman–Crippen MR) is 97.4 cm³/mol. The van der Waals surface area contributed by atoms with E-state index in [4.69, 9.17) is 16.3 Å². The summed E-state index contributed by atoms with van der Waals surface area (Å²) in [7, 11) is 0. The third kappa shape index (κ3) is 6.56. The summed E-state index contributed by atoms with van der Waals surface area (Å²) < 4.78 is 5.81. The van der Waals surface area contributed by atoms with Gasteiger partial charge in [-0.1, -0.05) is 51.8 Å². The molecule has 0 saturated carbocycles. The number of carbonyl (C=O) groups excluding carboxylic acids is 2. The Morgan fingerprint density at radius 2 is 1.96 bits per heavy atom. The smallest absolute Gasteiger partial charge is 0.331 e. The summed E-state index contributed by atoms with van der Waals surface area (Å²) in [5, 5.41) is 3.26. The van der Waals surface area contributed by atoms with E-state index in [1.807, 2.05) is 30.3 Å². The summed E-state index contributed by atoms with van der Waals surface area (Å²) in [6, 6.07) is 14.6. The van der Waals surface area contributed by atoms with Gasteiger partial charge in [-0.15, -0.1) is 0 Å². The number of ether oxygens (including phenoxy) is 1. The van der Waals surface area contributed by atoms with Crippen molar-refractivity contribution in [1.82, 2.24) is 5.32 Å². The van der Waals surface area contributed by atoms with Crippen LogP contribution in [0, 0.1) is 0 Å². The highest BCUT2D eigenvalue weighted by Gasteiger charge is 2.05. The van der Waals surface area contributed by atoms with Crippen LogP contribution in [0.25, 0.3) is 6.08 Å². The van der Waals surface area contributed by atoms with Gasteiger partial charge in [0.1, 0.15) is 0 Å². The molecule has 124 valence electrons. The van der Waals surface area contributed by atoms with Gasteiger partial charge in [-0.05, 0) is 41.5 Å². The Balaban J connectivity index is 1.74. The maximum atomic E-state index is 11.7. The Hall–Kier alpha value is -2.11. The van der Waals surface area contributed by atoms with Crippen molar-refractivity contribution < 1.29 is 14.3 Å². The summed E-state index contributed by atoms with van der Waals surface area (Å²) in [5.41, 5.74) is 1.73. The zero-order valence-electron chi connectivity index (χ0n) is 12.7. The molecule has 0 aromatic heterocycles. The van der Waals surface area contributed by atoms with E-state index in [1.54, 1.807) is 24.3 Å². The maximum absolute atomic E-state index is 11.7. The molecule has 24 heavy (non-hydrogen) atoms. The molecule has 4 nitrogen and oxygen atoms in total. The van der Waals surface area contributed by atoms with Gasteiger partial charge in [-0.2, -0.15) is 0 Å². The van der Waals surface area contributed by atoms with Crippen LogP contribution in [0.5, 0.6) is 0 Å². The van der Waals surface area contributed by atoms with E-state index >= 15 is 0 Å². The van der Waals surface area contributed by atoms with E-state index in [1.165, 1.54) is 6.08 Å². The number of esters is 1. The molecule has 0 spiro atoms. The second kappa shape index (κ2) is 9.25. The monoisotopic (exact) mass is 407 g/mol. The predicted octanol–water partition coefficient (Wildman–Crippen LogP) is 3.98. The van der Waals surface area contributed by atoms with Gasteiger partial charge in [-0.25, -0.2) is 4.79 Å². The first-order chi connectivity index (χ1) is 11.5. The second-order valence-electron chi connectivity index (χ2n) is 4.90. The second-order valence-corrected chi connectivity index (χ2v) is 6.25. The Bertz CT molecular complexity index is 761. The molecule has 0 fully saturated rings. The third-order valence-corrected chi connectivity index (χ3v) is 3.71. The highest BCUT2D eigenvalue weighted by atomic mass is 79.9. The molecule has 1 N–H and O–H groups in total. The molecular weight excluding hydrogens is 394 g/mol. The van der Waals surface area contributed by atoms with Crippen LogP contribution in [0.2, 0.25) is 5.02 Å². The van der Waals surface area contributed by atoms with Gasteiger partial charge in [0.2, 0.25) is 0 Å². The van der Waals surface area contributed by atoms with Crippen LogP contribution in [0.4, 0.5) is 0 Å². The fourth-order valence-corrected chi connectivity index (χ4v) is 2.49. The van der Waals surface area contributed by atoms with Gasteiger partial charge in [0, 0.05) is 22.1 Å². The van der Waals surface area contributed by atoms with Gasteiger partial charge in [0.05, 0.1) is 0 Å². The number of hydrogen-bond acceptors (Lipinski definition) is 3. The molecule has 6 heteroatoms. The van der Waals surface area contributed by atoms with Crippen LogP contribution in [-0.4, -0.2) is 18.5 Å². The van der Waals surface area contributed by atoms with E-state index in [-0.39, 0.29) is 12.5 Å². The fourth-order valence-electron chi connectivity index (χ4n) is 1.86. The van der Waals surface area contributed by atoms with Crippen molar-refractivity contribution in [1.29, 1.82) is 0 Å². The van der Waals surface area contributed by atoms with Crippen molar-refractivity contribution in [2.45, 2.75) is 6.54 Å². The van der Waals surface area contributed by atoms with Crippen molar-refractivity contribution in [2.24, 2.45) is 0 Å². The van der Waals surface area contributed by atoms with Gasteiger partial charge in [0.15, 0.2) is 6.61 Å². The quantitative estimate of drug-likeness (QED) is 0.581. The Labute approximate surface area is 153 Å². The minimum Gasteiger partial charge on any atom is -0.452 e. The lowest BCUT2D eigenvalue weighted by atomic mass is 10.2.